The van der Waals surface area contributed by atoms with Gasteiger partial charge in [-0.3, -0.25) is 14.5 Å². The quantitative estimate of drug-likeness (QED) is 0.361. The zero-order valence-electron chi connectivity index (χ0n) is 16.9. The van der Waals surface area contributed by atoms with Gasteiger partial charge in [-0.2, -0.15) is 0 Å². The molecule has 1 aliphatic heterocycles. The third-order valence-electron chi connectivity index (χ3n) is 5.34. The lowest BCUT2D eigenvalue weighted by molar-refractivity contribution is -0.132. The number of ketones is 1. The number of hydrogen-bond acceptors (Lipinski definition) is 4. The minimum atomic E-state index is -1.28. The largest absolute Gasteiger partial charge is 0.507 e. The van der Waals surface area contributed by atoms with Gasteiger partial charge in [-0.05, 0) is 31.2 Å². The molecule has 1 heterocycles. The number of aliphatic hydroxyl groups excluding tert-OH is 1. The number of carboxylic acids is 1. The smallest absolute Gasteiger partial charge is 0.335 e. The average molecular weight is 431 g/mol. The third-order valence-corrected chi connectivity index (χ3v) is 5.34. The van der Waals surface area contributed by atoms with Crippen LogP contribution in [0.25, 0.3) is 5.76 Å². The van der Waals surface area contributed by atoms with E-state index in [0.717, 1.165) is 10.5 Å². The van der Waals surface area contributed by atoms with Crippen LogP contribution in [0.15, 0.2) is 78.4 Å². The molecule has 1 aliphatic rings. The van der Waals surface area contributed by atoms with Crippen molar-refractivity contribution in [2.24, 2.45) is 0 Å². The molecule has 3 aromatic rings. The molecule has 160 valence electrons. The molecule has 1 saturated heterocycles. The second-order valence-corrected chi connectivity index (χ2v) is 7.41. The summed E-state index contributed by atoms with van der Waals surface area (Å²) < 4.78 is 14.8. The normalized spacial score (nSPS) is 17.6. The molecule has 32 heavy (non-hydrogen) atoms. The number of aliphatic hydroxyl groups is 1. The van der Waals surface area contributed by atoms with Gasteiger partial charge in [-0.1, -0.05) is 54.1 Å². The monoisotopic (exact) mass is 431 g/mol. The fraction of sp³-hybridized carbons (Fsp3) is 0.0800. The standard InChI is InChI=1S/C25H18FNO5/c1-14-9-11-15(12-10-14)22(28)20-21(18-7-2-3-8-19(18)26)27(24(30)23(20)29)17-6-4-5-16(13-17)25(31)32/h2-13,21,28H,1H3,(H,31,32)/b22-20+. The highest BCUT2D eigenvalue weighted by Crippen LogP contribution is 2.43. The number of anilines is 1. The Hall–Kier alpha value is -4.26. The zero-order valence-corrected chi connectivity index (χ0v) is 16.9. The Balaban J connectivity index is 1.97. The van der Waals surface area contributed by atoms with Crippen molar-refractivity contribution in [3.63, 3.8) is 0 Å². The maximum absolute atomic E-state index is 14.8. The number of aryl methyl sites for hydroxylation is 1. The molecule has 4 rings (SSSR count). The number of benzene rings is 3. The van der Waals surface area contributed by atoms with Crippen molar-refractivity contribution in [2.75, 3.05) is 4.90 Å². The highest BCUT2D eigenvalue weighted by molar-refractivity contribution is 6.51. The second-order valence-electron chi connectivity index (χ2n) is 7.41. The average Bonchev–Trinajstić information content (AvgIpc) is 3.04. The van der Waals surface area contributed by atoms with E-state index in [0.29, 0.717) is 5.56 Å². The summed E-state index contributed by atoms with van der Waals surface area (Å²) in [5.74, 6) is -4.31. The van der Waals surface area contributed by atoms with Crippen molar-refractivity contribution in [1.82, 2.24) is 0 Å². The van der Waals surface area contributed by atoms with Gasteiger partial charge in [0.15, 0.2) is 0 Å². The number of Topliss-reactive ketones (excluding diaryl/α,β-unsaturated/α-hetero) is 1. The van der Waals surface area contributed by atoms with Gasteiger partial charge in [-0.25, -0.2) is 9.18 Å². The van der Waals surface area contributed by atoms with Gasteiger partial charge in [0, 0.05) is 16.8 Å². The Morgan fingerprint density at radius 3 is 2.25 bits per heavy atom. The van der Waals surface area contributed by atoms with E-state index in [4.69, 9.17) is 0 Å². The predicted molar refractivity (Wildman–Crippen MR) is 116 cm³/mol. The summed E-state index contributed by atoms with van der Waals surface area (Å²) in [6.45, 7) is 1.86. The molecule has 6 nitrogen and oxygen atoms in total. The number of nitrogens with zero attached hydrogens (tertiary/aromatic N) is 1. The topological polar surface area (TPSA) is 94.9 Å². The number of carboxylic acid groups (broad SMARTS) is 1. The number of carbonyl (C=O) groups excluding carboxylic acids is 2. The molecular formula is C25H18FNO5. The summed E-state index contributed by atoms with van der Waals surface area (Å²) in [6, 6.07) is 16.5. The first kappa shape index (κ1) is 21.0. The van der Waals surface area contributed by atoms with Gasteiger partial charge in [0.25, 0.3) is 11.7 Å². The van der Waals surface area contributed by atoms with E-state index in [-0.39, 0.29) is 22.4 Å². The molecule has 0 aliphatic carbocycles. The van der Waals surface area contributed by atoms with E-state index in [2.05, 4.69) is 0 Å². The number of carbonyl (C=O) groups is 3. The van der Waals surface area contributed by atoms with Crippen molar-refractivity contribution in [1.29, 1.82) is 0 Å². The SMILES string of the molecule is Cc1ccc(/C(O)=C2\C(=O)C(=O)N(c3cccc(C(=O)O)c3)C2c2ccccc2F)cc1. The van der Waals surface area contributed by atoms with Gasteiger partial charge in [0.05, 0.1) is 17.2 Å². The summed E-state index contributed by atoms with van der Waals surface area (Å²) in [5, 5.41) is 20.3. The van der Waals surface area contributed by atoms with Crippen LogP contribution in [-0.2, 0) is 9.59 Å². The Kier molecular flexibility index (Phi) is 5.32. The van der Waals surface area contributed by atoms with Crippen LogP contribution in [-0.4, -0.2) is 27.9 Å². The Bertz CT molecular complexity index is 1280. The maximum Gasteiger partial charge on any atom is 0.335 e. The Morgan fingerprint density at radius 2 is 1.59 bits per heavy atom. The molecule has 0 radical (unpaired) electrons. The highest BCUT2D eigenvalue weighted by atomic mass is 19.1. The minimum absolute atomic E-state index is 0.00101. The fourth-order valence-electron chi connectivity index (χ4n) is 3.75. The molecule has 1 atom stereocenters. The van der Waals surface area contributed by atoms with Gasteiger partial charge in [0.1, 0.15) is 11.6 Å². The Labute approximate surface area is 182 Å². The molecule has 0 aromatic heterocycles. The Morgan fingerprint density at radius 1 is 0.906 bits per heavy atom. The molecule has 1 fully saturated rings. The highest BCUT2D eigenvalue weighted by Gasteiger charge is 2.47. The molecule has 1 amide bonds. The maximum atomic E-state index is 14.8. The van der Waals surface area contributed by atoms with Gasteiger partial charge in [0.2, 0.25) is 0 Å². The number of rotatable bonds is 4. The molecular weight excluding hydrogens is 413 g/mol. The van der Waals surface area contributed by atoms with E-state index >= 15 is 0 Å². The first-order chi connectivity index (χ1) is 15.3. The summed E-state index contributed by atoms with van der Waals surface area (Å²) >= 11 is 0. The lowest BCUT2D eigenvalue weighted by Crippen LogP contribution is -2.30. The zero-order chi connectivity index (χ0) is 23.0. The van der Waals surface area contributed by atoms with Gasteiger partial charge >= 0.3 is 5.97 Å². The molecule has 0 saturated carbocycles. The van der Waals surface area contributed by atoms with Crippen LogP contribution in [0.2, 0.25) is 0 Å². The molecule has 7 heteroatoms. The second kappa shape index (κ2) is 8.11. The lowest BCUT2D eigenvalue weighted by Gasteiger charge is -2.26. The molecule has 1 unspecified atom stereocenters. The van der Waals surface area contributed by atoms with Crippen LogP contribution in [0.3, 0.4) is 0 Å². The predicted octanol–water partition coefficient (Wildman–Crippen LogP) is 4.46. The van der Waals surface area contributed by atoms with Crippen LogP contribution < -0.4 is 4.90 Å². The number of hydrogen-bond donors (Lipinski definition) is 2. The number of amides is 1. The van der Waals surface area contributed by atoms with E-state index in [1.54, 1.807) is 30.3 Å². The van der Waals surface area contributed by atoms with Crippen molar-refractivity contribution in [3.05, 3.63) is 106 Å². The molecule has 2 N–H and O–H groups in total. The van der Waals surface area contributed by atoms with E-state index in [9.17, 15) is 29.0 Å². The van der Waals surface area contributed by atoms with E-state index in [1.165, 1.54) is 42.5 Å². The van der Waals surface area contributed by atoms with Crippen molar-refractivity contribution < 1.29 is 29.0 Å². The van der Waals surface area contributed by atoms with Crippen LogP contribution in [0.1, 0.15) is 33.1 Å². The third kappa shape index (κ3) is 3.54. The van der Waals surface area contributed by atoms with E-state index in [1.807, 2.05) is 6.92 Å². The van der Waals surface area contributed by atoms with Crippen molar-refractivity contribution in [2.45, 2.75) is 13.0 Å². The van der Waals surface area contributed by atoms with E-state index < -0.39 is 35.3 Å². The molecule has 0 spiro atoms. The van der Waals surface area contributed by atoms with Crippen LogP contribution >= 0.6 is 0 Å². The summed E-state index contributed by atoms with van der Waals surface area (Å²) in [7, 11) is 0. The van der Waals surface area contributed by atoms with Crippen LogP contribution in [0.4, 0.5) is 10.1 Å². The van der Waals surface area contributed by atoms with Gasteiger partial charge in [-0.15, -0.1) is 0 Å². The van der Waals surface area contributed by atoms with Crippen molar-refractivity contribution >= 4 is 29.1 Å². The fourth-order valence-corrected chi connectivity index (χ4v) is 3.75. The van der Waals surface area contributed by atoms with Crippen LogP contribution in [0.5, 0.6) is 0 Å². The summed E-state index contributed by atoms with van der Waals surface area (Å²) in [6.07, 6.45) is 0. The van der Waals surface area contributed by atoms with Crippen LogP contribution in [0, 0.1) is 12.7 Å². The number of halogens is 1. The summed E-state index contributed by atoms with van der Waals surface area (Å²) in [4.78, 5) is 38.5. The number of aromatic carboxylic acids is 1. The first-order valence-corrected chi connectivity index (χ1v) is 9.75. The summed E-state index contributed by atoms with van der Waals surface area (Å²) in [5.41, 5.74) is 0.955. The molecule has 3 aromatic carbocycles. The molecule has 0 bridgehead atoms. The lowest BCUT2D eigenvalue weighted by atomic mass is 9.94. The first-order valence-electron chi connectivity index (χ1n) is 9.75. The van der Waals surface area contributed by atoms with Crippen molar-refractivity contribution in [3.8, 4) is 0 Å². The minimum Gasteiger partial charge on any atom is -0.507 e. The van der Waals surface area contributed by atoms with Gasteiger partial charge < -0.3 is 10.2 Å².